The zero-order chi connectivity index (χ0) is 14.1. The molecule has 0 radical (unpaired) electrons. The highest BCUT2D eigenvalue weighted by molar-refractivity contribution is 7.80. The summed E-state index contributed by atoms with van der Waals surface area (Å²) in [5.74, 6) is 0. The Labute approximate surface area is 127 Å². The van der Waals surface area contributed by atoms with Gasteiger partial charge in [0.05, 0.1) is 16.6 Å². The van der Waals surface area contributed by atoms with Crippen molar-refractivity contribution in [1.82, 2.24) is 5.01 Å². The fourth-order valence-corrected chi connectivity index (χ4v) is 3.33. The molecule has 20 heavy (non-hydrogen) atoms. The molecule has 2 heterocycles. The van der Waals surface area contributed by atoms with Crippen LogP contribution in [0.2, 0.25) is 0 Å². The molecule has 0 amide bonds. The lowest BCUT2D eigenvalue weighted by atomic mass is 10.00. The van der Waals surface area contributed by atoms with Crippen LogP contribution in [0.25, 0.3) is 0 Å². The van der Waals surface area contributed by atoms with Gasteiger partial charge in [0.1, 0.15) is 0 Å². The summed E-state index contributed by atoms with van der Waals surface area (Å²) in [6, 6.07) is 12.6. The Morgan fingerprint density at radius 3 is 2.90 bits per heavy atom. The molecule has 1 aliphatic rings. The monoisotopic (exact) mass is 301 g/mol. The number of nitrogens with zero attached hydrogens (tertiary/aromatic N) is 2. The van der Waals surface area contributed by atoms with Crippen LogP contribution in [-0.4, -0.2) is 15.8 Å². The van der Waals surface area contributed by atoms with Gasteiger partial charge < -0.3 is 5.73 Å². The number of hydrogen-bond acceptors (Lipinski definition) is 3. The van der Waals surface area contributed by atoms with Gasteiger partial charge in [-0.05, 0) is 36.2 Å². The summed E-state index contributed by atoms with van der Waals surface area (Å²) in [6.07, 6.45) is 0.835. The molecule has 1 atom stereocenters. The largest absolute Gasteiger partial charge is 0.375 e. The van der Waals surface area contributed by atoms with E-state index < -0.39 is 0 Å². The van der Waals surface area contributed by atoms with Crippen LogP contribution in [0.5, 0.6) is 0 Å². The molecule has 0 bridgehead atoms. The van der Waals surface area contributed by atoms with Crippen LogP contribution in [0.3, 0.4) is 0 Å². The molecule has 0 spiro atoms. The van der Waals surface area contributed by atoms with Gasteiger partial charge in [-0.3, -0.25) is 0 Å². The Morgan fingerprint density at radius 2 is 2.25 bits per heavy atom. The molecule has 3 rings (SSSR count). The molecule has 0 fully saturated rings. The maximum atomic E-state index is 5.83. The third kappa shape index (κ3) is 2.46. The van der Waals surface area contributed by atoms with Crippen molar-refractivity contribution in [3.63, 3.8) is 0 Å². The number of thiophene rings is 1. The van der Waals surface area contributed by atoms with Crippen molar-refractivity contribution in [3.05, 3.63) is 57.8 Å². The number of aryl methyl sites for hydroxylation is 1. The van der Waals surface area contributed by atoms with Crippen LogP contribution in [0.4, 0.5) is 0 Å². The number of hydrazone groups is 1. The summed E-state index contributed by atoms with van der Waals surface area (Å²) in [5.41, 5.74) is 9.32. The lowest BCUT2D eigenvalue weighted by molar-refractivity contribution is 0.372. The van der Waals surface area contributed by atoms with Crippen molar-refractivity contribution in [2.45, 2.75) is 19.4 Å². The van der Waals surface area contributed by atoms with Gasteiger partial charge in [-0.25, -0.2) is 5.01 Å². The van der Waals surface area contributed by atoms with E-state index in [1.807, 2.05) is 6.07 Å². The lowest BCUT2D eigenvalue weighted by Crippen LogP contribution is -2.31. The highest BCUT2D eigenvalue weighted by atomic mass is 32.1. The van der Waals surface area contributed by atoms with Gasteiger partial charge in [-0.15, -0.1) is 11.3 Å². The molecule has 0 saturated heterocycles. The maximum Gasteiger partial charge on any atom is 0.187 e. The van der Waals surface area contributed by atoms with E-state index in [0.29, 0.717) is 5.11 Å². The van der Waals surface area contributed by atoms with Gasteiger partial charge in [0.15, 0.2) is 5.11 Å². The number of benzene rings is 1. The van der Waals surface area contributed by atoms with Crippen LogP contribution in [0.1, 0.15) is 28.5 Å². The first-order valence-corrected chi connectivity index (χ1v) is 7.70. The summed E-state index contributed by atoms with van der Waals surface area (Å²) in [6.45, 7) is 2.09. The molecule has 1 aliphatic heterocycles. The van der Waals surface area contributed by atoms with Crippen LogP contribution in [0.15, 0.2) is 46.9 Å². The van der Waals surface area contributed by atoms with Crippen LogP contribution in [-0.2, 0) is 0 Å². The molecule has 102 valence electrons. The van der Waals surface area contributed by atoms with Gasteiger partial charge >= 0.3 is 0 Å². The fraction of sp³-hybridized carbons (Fsp3) is 0.200. The second kappa shape index (κ2) is 5.34. The van der Waals surface area contributed by atoms with E-state index in [-0.39, 0.29) is 6.04 Å². The number of thiocarbonyl (C=S) groups is 1. The second-order valence-corrected chi connectivity index (χ2v) is 6.21. The quantitative estimate of drug-likeness (QED) is 0.864. The number of hydrogen-bond donors (Lipinski definition) is 1. The highest BCUT2D eigenvalue weighted by Gasteiger charge is 2.30. The van der Waals surface area contributed by atoms with Crippen LogP contribution in [0, 0.1) is 6.92 Å². The Balaban J connectivity index is 1.95. The summed E-state index contributed by atoms with van der Waals surface area (Å²) in [4.78, 5) is 1.18. The van der Waals surface area contributed by atoms with Gasteiger partial charge in [0.2, 0.25) is 0 Å². The Morgan fingerprint density at radius 1 is 1.40 bits per heavy atom. The van der Waals surface area contributed by atoms with Crippen molar-refractivity contribution in [3.8, 4) is 0 Å². The Hall–Kier alpha value is -1.72. The van der Waals surface area contributed by atoms with Crippen LogP contribution >= 0.6 is 23.6 Å². The lowest BCUT2D eigenvalue weighted by Gasteiger charge is -2.22. The summed E-state index contributed by atoms with van der Waals surface area (Å²) >= 11 is 6.84. The average Bonchev–Trinajstić information content (AvgIpc) is 3.08. The topological polar surface area (TPSA) is 41.6 Å². The van der Waals surface area contributed by atoms with E-state index in [9.17, 15) is 0 Å². The van der Waals surface area contributed by atoms with E-state index in [4.69, 9.17) is 18.0 Å². The van der Waals surface area contributed by atoms with E-state index in [1.54, 1.807) is 16.3 Å². The third-order valence-electron chi connectivity index (χ3n) is 3.37. The predicted molar refractivity (Wildman–Crippen MR) is 88.0 cm³/mol. The minimum absolute atomic E-state index is 0.101. The maximum absolute atomic E-state index is 5.83. The highest BCUT2D eigenvalue weighted by Crippen LogP contribution is 2.33. The number of nitrogens with two attached hydrogens (primary N) is 1. The fourth-order valence-electron chi connectivity index (χ4n) is 2.44. The van der Waals surface area contributed by atoms with Gasteiger partial charge in [0.25, 0.3) is 0 Å². The second-order valence-electron chi connectivity index (χ2n) is 4.84. The Bertz CT molecular complexity index is 662. The SMILES string of the molecule is Cc1cccc([C@@H]2CC(c3cccs3)=NN2C(N)=S)c1. The summed E-state index contributed by atoms with van der Waals surface area (Å²) in [7, 11) is 0. The van der Waals surface area contributed by atoms with E-state index in [2.05, 4.69) is 47.7 Å². The molecular weight excluding hydrogens is 286 g/mol. The molecule has 2 N–H and O–H groups in total. The zero-order valence-corrected chi connectivity index (χ0v) is 12.7. The molecule has 1 aromatic carbocycles. The Kier molecular flexibility index (Phi) is 3.54. The molecule has 2 aromatic rings. The molecular formula is C15H15N3S2. The van der Waals surface area contributed by atoms with Gasteiger partial charge in [-0.2, -0.15) is 5.10 Å². The minimum atomic E-state index is 0.101. The van der Waals surface area contributed by atoms with Crippen molar-refractivity contribution >= 4 is 34.4 Å². The first-order chi connectivity index (χ1) is 9.65. The van der Waals surface area contributed by atoms with E-state index in [1.165, 1.54) is 16.0 Å². The summed E-state index contributed by atoms with van der Waals surface area (Å²) < 4.78 is 0. The van der Waals surface area contributed by atoms with E-state index >= 15 is 0 Å². The molecule has 0 aliphatic carbocycles. The number of rotatable bonds is 2. The molecule has 3 nitrogen and oxygen atoms in total. The summed E-state index contributed by atoms with van der Waals surface area (Å²) in [5, 5.41) is 8.76. The standard InChI is InChI=1S/C15H15N3S2/c1-10-4-2-5-11(8-10)13-9-12(14-6-3-7-20-14)17-18(13)15(16)19/h2-8,13H,9H2,1H3,(H2,16,19)/t13-/m0/s1. The van der Waals surface area contributed by atoms with Crippen molar-refractivity contribution in [1.29, 1.82) is 0 Å². The minimum Gasteiger partial charge on any atom is -0.375 e. The molecule has 5 heteroatoms. The smallest absolute Gasteiger partial charge is 0.187 e. The zero-order valence-electron chi connectivity index (χ0n) is 11.1. The van der Waals surface area contributed by atoms with Crippen molar-refractivity contribution in [2.24, 2.45) is 10.8 Å². The average molecular weight is 301 g/mol. The van der Waals surface area contributed by atoms with Crippen molar-refractivity contribution in [2.75, 3.05) is 0 Å². The predicted octanol–water partition coefficient (Wildman–Crippen LogP) is 3.45. The van der Waals surface area contributed by atoms with Crippen molar-refractivity contribution < 1.29 is 0 Å². The molecule has 1 aromatic heterocycles. The molecule has 0 unspecified atom stereocenters. The third-order valence-corrected chi connectivity index (χ3v) is 4.47. The first kappa shape index (κ1) is 13.3. The first-order valence-electron chi connectivity index (χ1n) is 6.42. The van der Waals surface area contributed by atoms with E-state index in [0.717, 1.165) is 12.1 Å². The molecule has 0 saturated carbocycles. The normalized spacial score (nSPS) is 18.1. The van der Waals surface area contributed by atoms with Crippen LogP contribution < -0.4 is 5.73 Å². The van der Waals surface area contributed by atoms with Gasteiger partial charge in [0, 0.05) is 6.42 Å². The van der Waals surface area contributed by atoms with Gasteiger partial charge in [-0.1, -0.05) is 35.9 Å².